The Morgan fingerprint density at radius 2 is 2.12 bits per heavy atom. The summed E-state index contributed by atoms with van der Waals surface area (Å²) in [5.41, 5.74) is 0.925. The molecule has 0 aliphatic carbocycles. The molecule has 3 heterocycles. The van der Waals surface area contributed by atoms with Crippen molar-refractivity contribution in [3.63, 3.8) is 0 Å². The summed E-state index contributed by atoms with van der Waals surface area (Å²) in [6.07, 6.45) is -2.47. The normalized spacial score (nSPS) is 12.8. The van der Waals surface area contributed by atoms with Crippen LogP contribution in [-0.4, -0.2) is 52.0 Å². The number of benzene rings is 1. The molecule has 13 heteroatoms. The summed E-state index contributed by atoms with van der Waals surface area (Å²) in [6.45, 7) is 0.0674. The highest BCUT2D eigenvalue weighted by atomic mass is 19.4. The fourth-order valence-electron chi connectivity index (χ4n) is 3.18. The summed E-state index contributed by atoms with van der Waals surface area (Å²) < 4.78 is 45.1. The van der Waals surface area contributed by atoms with Crippen molar-refractivity contribution in [2.45, 2.75) is 12.6 Å². The first-order chi connectivity index (χ1) is 15.7. The van der Waals surface area contributed by atoms with Crippen molar-refractivity contribution in [3.8, 4) is 0 Å². The second-order valence-electron chi connectivity index (χ2n) is 7.21. The summed E-state index contributed by atoms with van der Waals surface area (Å²) in [6, 6.07) is 6.43. The van der Waals surface area contributed by atoms with Crippen LogP contribution in [0.5, 0.6) is 0 Å². The fraction of sp³-hybridized carbons (Fsp3) is 0.250. The molecule has 0 saturated heterocycles. The number of anilines is 4. The minimum absolute atomic E-state index is 0.0114. The van der Waals surface area contributed by atoms with E-state index in [0.29, 0.717) is 17.6 Å². The van der Waals surface area contributed by atoms with Crippen molar-refractivity contribution >= 4 is 35.0 Å². The molecule has 0 unspecified atom stereocenters. The summed E-state index contributed by atoms with van der Waals surface area (Å²) in [5, 5.41) is 11.6. The van der Waals surface area contributed by atoms with E-state index < -0.39 is 23.5 Å². The van der Waals surface area contributed by atoms with Gasteiger partial charge in [0.15, 0.2) is 0 Å². The molecule has 1 aliphatic heterocycles. The number of halogens is 3. The van der Waals surface area contributed by atoms with E-state index in [1.165, 1.54) is 24.2 Å². The molecule has 10 nitrogen and oxygen atoms in total. The summed E-state index contributed by atoms with van der Waals surface area (Å²) in [4.78, 5) is 32.7. The second-order valence-corrected chi connectivity index (χ2v) is 7.21. The van der Waals surface area contributed by atoms with E-state index in [2.05, 4.69) is 31.1 Å². The van der Waals surface area contributed by atoms with Crippen LogP contribution in [0.3, 0.4) is 0 Å². The number of aromatic nitrogens is 3. The van der Waals surface area contributed by atoms with Gasteiger partial charge in [-0.1, -0.05) is 5.16 Å². The Kier molecular flexibility index (Phi) is 5.85. The zero-order valence-electron chi connectivity index (χ0n) is 17.2. The van der Waals surface area contributed by atoms with E-state index >= 15 is 0 Å². The van der Waals surface area contributed by atoms with Gasteiger partial charge in [0.25, 0.3) is 5.91 Å². The number of fused-ring (bicyclic) bond motifs is 1. The van der Waals surface area contributed by atoms with Crippen molar-refractivity contribution < 1.29 is 27.3 Å². The minimum Gasteiger partial charge on any atom is -0.368 e. The molecule has 4 rings (SSSR count). The molecule has 0 radical (unpaired) electrons. The maximum Gasteiger partial charge on any atom is 0.421 e. The number of hydrogen-bond donors (Lipinski definition) is 3. The van der Waals surface area contributed by atoms with Crippen LogP contribution in [0.15, 0.2) is 41.2 Å². The molecule has 2 amide bonds. The largest absolute Gasteiger partial charge is 0.421 e. The standard InChI is InChI=1S/C20H18F3N7O3/c1-30(18(32)15-4-5-26-33-15)7-6-24-17-13(20(21,22)23)10-25-19(29-17)27-12-2-3-14-11(8-12)9-16(31)28-14/h2-5,8,10H,6-7,9H2,1H3,(H,28,31)(H2,24,25,27,29). The zero-order chi connectivity index (χ0) is 23.6. The maximum atomic E-state index is 13.4. The zero-order valence-corrected chi connectivity index (χ0v) is 17.2. The number of nitrogens with one attached hydrogen (secondary N) is 3. The summed E-state index contributed by atoms with van der Waals surface area (Å²) in [7, 11) is 1.48. The number of nitrogens with zero attached hydrogens (tertiary/aromatic N) is 4. The van der Waals surface area contributed by atoms with Crippen LogP contribution in [0.25, 0.3) is 0 Å². The van der Waals surface area contributed by atoms with Gasteiger partial charge >= 0.3 is 6.18 Å². The van der Waals surface area contributed by atoms with Gasteiger partial charge in [-0.05, 0) is 23.8 Å². The minimum atomic E-state index is -4.68. The molecule has 3 aromatic rings. The monoisotopic (exact) mass is 461 g/mol. The molecule has 0 bridgehead atoms. The maximum absolute atomic E-state index is 13.4. The van der Waals surface area contributed by atoms with Gasteiger partial charge in [0, 0.05) is 43.8 Å². The average molecular weight is 461 g/mol. The van der Waals surface area contributed by atoms with E-state index in [1.54, 1.807) is 18.2 Å². The van der Waals surface area contributed by atoms with Crippen LogP contribution in [0.2, 0.25) is 0 Å². The van der Waals surface area contributed by atoms with Crippen LogP contribution in [0.4, 0.5) is 36.3 Å². The lowest BCUT2D eigenvalue weighted by atomic mass is 10.1. The van der Waals surface area contributed by atoms with E-state index in [-0.39, 0.29) is 37.1 Å². The summed E-state index contributed by atoms with van der Waals surface area (Å²) in [5.74, 6) is -1.06. The van der Waals surface area contributed by atoms with E-state index in [4.69, 9.17) is 4.52 Å². The first-order valence-electron chi connectivity index (χ1n) is 9.75. The lowest BCUT2D eigenvalue weighted by Gasteiger charge is -2.18. The van der Waals surface area contributed by atoms with Crippen LogP contribution < -0.4 is 16.0 Å². The first kappa shape index (κ1) is 22.0. The summed E-state index contributed by atoms with van der Waals surface area (Å²) >= 11 is 0. The van der Waals surface area contributed by atoms with E-state index in [0.717, 1.165) is 5.56 Å². The van der Waals surface area contributed by atoms with Gasteiger partial charge < -0.3 is 25.4 Å². The first-order valence-corrected chi connectivity index (χ1v) is 9.75. The van der Waals surface area contributed by atoms with Crippen molar-refractivity contribution in [2.24, 2.45) is 0 Å². The van der Waals surface area contributed by atoms with E-state index in [9.17, 15) is 22.8 Å². The van der Waals surface area contributed by atoms with Gasteiger partial charge in [-0.3, -0.25) is 9.59 Å². The SMILES string of the molecule is CN(CCNc1nc(Nc2ccc3c(c2)CC(=O)N3)ncc1C(F)(F)F)C(=O)c1ccno1. The van der Waals surface area contributed by atoms with Crippen LogP contribution in [-0.2, 0) is 17.4 Å². The number of amides is 2. The van der Waals surface area contributed by atoms with Gasteiger partial charge in [-0.25, -0.2) is 4.98 Å². The lowest BCUT2D eigenvalue weighted by Crippen LogP contribution is -2.31. The Balaban J connectivity index is 1.47. The predicted octanol–water partition coefficient (Wildman–Crippen LogP) is 2.91. The van der Waals surface area contributed by atoms with E-state index in [1.807, 2.05) is 0 Å². The van der Waals surface area contributed by atoms with Crippen molar-refractivity contribution in [1.82, 2.24) is 20.0 Å². The molecule has 0 fully saturated rings. The Bertz CT molecular complexity index is 1180. The Morgan fingerprint density at radius 3 is 2.85 bits per heavy atom. The topological polar surface area (TPSA) is 125 Å². The number of likely N-dealkylation sites (N-methyl/N-ethyl adjacent to an activating group) is 1. The Morgan fingerprint density at radius 1 is 1.30 bits per heavy atom. The van der Waals surface area contributed by atoms with Gasteiger partial charge in [-0.2, -0.15) is 18.2 Å². The third-order valence-corrected chi connectivity index (χ3v) is 4.82. The second kappa shape index (κ2) is 8.76. The fourth-order valence-corrected chi connectivity index (χ4v) is 3.18. The van der Waals surface area contributed by atoms with Crippen LogP contribution in [0, 0.1) is 0 Å². The molecular formula is C20H18F3N7O3. The molecule has 0 saturated carbocycles. The van der Waals surface area contributed by atoms with Gasteiger partial charge in [0.1, 0.15) is 11.4 Å². The van der Waals surface area contributed by atoms with Crippen molar-refractivity contribution in [1.29, 1.82) is 0 Å². The van der Waals surface area contributed by atoms with Crippen molar-refractivity contribution in [2.75, 3.05) is 36.1 Å². The highest BCUT2D eigenvalue weighted by molar-refractivity contribution is 5.99. The molecule has 0 spiro atoms. The molecule has 1 aromatic carbocycles. The predicted molar refractivity (Wildman–Crippen MR) is 111 cm³/mol. The smallest absolute Gasteiger partial charge is 0.368 e. The highest BCUT2D eigenvalue weighted by Crippen LogP contribution is 2.34. The number of carbonyl (C=O) groups excluding carboxylic acids is 2. The van der Waals surface area contributed by atoms with Gasteiger partial charge in [-0.15, -0.1) is 0 Å². The Labute approximate surface area is 185 Å². The Hall–Kier alpha value is -4.16. The molecule has 172 valence electrons. The van der Waals surface area contributed by atoms with Crippen LogP contribution in [0.1, 0.15) is 21.7 Å². The molecule has 0 atom stereocenters. The molecular weight excluding hydrogens is 443 g/mol. The number of hydrogen-bond acceptors (Lipinski definition) is 8. The van der Waals surface area contributed by atoms with Gasteiger partial charge in [0.2, 0.25) is 17.6 Å². The molecule has 33 heavy (non-hydrogen) atoms. The highest BCUT2D eigenvalue weighted by Gasteiger charge is 2.35. The van der Waals surface area contributed by atoms with Gasteiger partial charge in [0.05, 0.1) is 12.6 Å². The van der Waals surface area contributed by atoms with Crippen molar-refractivity contribution in [3.05, 3.63) is 53.5 Å². The third-order valence-electron chi connectivity index (χ3n) is 4.82. The lowest BCUT2D eigenvalue weighted by molar-refractivity contribution is -0.137. The molecule has 3 N–H and O–H groups in total. The quantitative estimate of drug-likeness (QED) is 0.491. The number of carbonyl (C=O) groups is 2. The number of alkyl halides is 3. The number of rotatable bonds is 7. The molecule has 2 aromatic heterocycles. The molecule has 1 aliphatic rings. The average Bonchev–Trinajstić information content (AvgIpc) is 3.41. The third kappa shape index (κ3) is 5.02. The van der Waals surface area contributed by atoms with Crippen LogP contribution >= 0.6 is 0 Å².